The van der Waals surface area contributed by atoms with E-state index in [4.69, 9.17) is 11.6 Å². The number of aromatic nitrogens is 4. The third-order valence-electron chi connectivity index (χ3n) is 8.32. The first-order valence-electron chi connectivity index (χ1n) is 14.2. The fourth-order valence-electron chi connectivity index (χ4n) is 6.00. The Morgan fingerprint density at radius 2 is 1.70 bits per heavy atom. The van der Waals surface area contributed by atoms with Crippen LogP contribution in [0.15, 0.2) is 84.7 Å². The number of allylic oxidation sites excluding steroid dienone is 1. The Bertz CT molecular complexity index is 1820. The number of urea groups is 1. The topological polar surface area (TPSA) is 117 Å². The van der Waals surface area contributed by atoms with Crippen molar-refractivity contribution in [1.29, 1.82) is 0 Å². The summed E-state index contributed by atoms with van der Waals surface area (Å²) in [7, 11) is -2.42. The Morgan fingerprint density at radius 1 is 1.02 bits per heavy atom. The maximum absolute atomic E-state index is 14.2. The summed E-state index contributed by atoms with van der Waals surface area (Å²) >= 11 is 6.47. The molecule has 1 N–H and O–H groups in total. The van der Waals surface area contributed by atoms with Gasteiger partial charge in [-0.25, -0.2) is 28.2 Å². The van der Waals surface area contributed by atoms with E-state index >= 15 is 0 Å². The molecule has 228 valence electrons. The highest BCUT2D eigenvalue weighted by molar-refractivity contribution is 7.89. The summed E-state index contributed by atoms with van der Waals surface area (Å²) in [4.78, 5) is 28.5. The minimum atomic E-state index is -3.98. The predicted molar refractivity (Wildman–Crippen MR) is 169 cm³/mol. The number of aryl methyl sites for hydroxylation is 1. The molecule has 4 heterocycles. The maximum Gasteiger partial charge on any atom is 0.317 e. The highest BCUT2D eigenvalue weighted by Gasteiger charge is 2.48. The van der Waals surface area contributed by atoms with Crippen LogP contribution in [0, 0.1) is 6.92 Å². The van der Waals surface area contributed by atoms with Gasteiger partial charge >= 0.3 is 6.03 Å². The average molecular weight is 633 g/mol. The normalized spacial score (nSPS) is 18.9. The number of fused-ring (bicyclic) bond motifs is 1. The van der Waals surface area contributed by atoms with Crippen molar-refractivity contribution < 1.29 is 13.2 Å². The van der Waals surface area contributed by atoms with Gasteiger partial charge in [0.1, 0.15) is 6.33 Å². The second-order valence-corrected chi connectivity index (χ2v) is 13.5. The first kappa shape index (κ1) is 29.8. The highest BCUT2D eigenvalue weighted by Crippen LogP contribution is 2.49. The number of anilines is 2. The van der Waals surface area contributed by atoms with Crippen molar-refractivity contribution in [3.05, 3.63) is 95.8 Å². The molecule has 0 unspecified atom stereocenters. The van der Waals surface area contributed by atoms with Crippen LogP contribution in [-0.4, -0.2) is 76.4 Å². The number of rotatable bonds is 6. The number of amides is 2. The third kappa shape index (κ3) is 5.12. The molecule has 2 aliphatic heterocycles. The second-order valence-electron chi connectivity index (χ2n) is 11.2. The van der Waals surface area contributed by atoms with Crippen LogP contribution in [0.1, 0.15) is 18.1 Å². The second kappa shape index (κ2) is 11.3. The largest absolute Gasteiger partial charge is 0.341 e. The molecule has 2 aliphatic rings. The Labute approximate surface area is 261 Å². The van der Waals surface area contributed by atoms with Crippen LogP contribution in [0.3, 0.4) is 0 Å². The lowest BCUT2D eigenvalue weighted by Gasteiger charge is -2.35. The lowest BCUT2D eigenvalue weighted by atomic mass is 9.89. The van der Waals surface area contributed by atoms with Crippen molar-refractivity contribution in [2.24, 2.45) is 0 Å². The van der Waals surface area contributed by atoms with E-state index in [1.54, 1.807) is 28.9 Å². The molecule has 13 heteroatoms. The van der Waals surface area contributed by atoms with Gasteiger partial charge in [-0.3, -0.25) is 9.47 Å². The highest BCUT2D eigenvalue weighted by atomic mass is 35.5. The summed E-state index contributed by atoms with van der Waals surface area (Å²) < 4.78 is 31.6. The number of hydrogen-bond donors (Lipinski definition) is 1. The molecule has 1 atom stereocenters. The number of halogens is 1. The van der Waals surface area contributed by atoms with Crippen molar-refractivity contribution >= 4 is 39.3 Å². The van der Waals surface area contributed by atoms with Crippen molar-refractivity contribution in [3.63, 3.8) is 0 Å². The number of sulfonamides is 1. The van der Waals surface area contributed by atoms with E-state index in [-0.39, 0.29) is 37.2 Å². The Balaban J connectivity index is 1.41. The molecule has 2 aromatic heterocycles. The van der Waals surface area contributed by atoms with E-state index in [0.29, 0.717) is 23.1 Å². The molecule has 2 amide bonds. The van der Waals surface area contributed by atoms with E-state index < -0.39 is 15.6 Å². The molecule has 0 saturated carbocycles. The van der Waals surface area contributed by atoms with Gasteiger partial charge in [-0.2, -0.15) is 4.31 Å². The molecule has 0 spiro atoms. The molecule has 0 aliphatic carbocycles. The van der Waals surface area contributed by atoms with Crippen LogP contribution >= 0.6 is 11.6 Å². The number of hydrogen-bond acceptors (Lipinski definition) is 7. The summed E-state index contributed by atoms with van der Waals surface area (Å²) in [5, 5.41) is 3.23. The van der Waals surface area contributed by atoms with Gasteiger partial charge in [0, 0.05) is 68.3 Å². The molecule has 11 nitrogen and oxygen atoms in total. The molecule has 6 rings (SSSR count). The first-order chi connectivity index (χ1) is 21.0. The molecule has 1 saturated heterocycles. The number of piperazine rings is 1. The van der Waals surface area contributed by atoms with Crippen LogP contribution in [-0.2, 0) is 22.0 Å². The molecule has 44 heavy (non-hydrogen) atoms. The smallest absolute Gasteiger partial charge is 0.317 e. The summed E-state index contributed by atoms with van der Waals surface area (Å²) in [6.45, 7) is 9.36. The quantitative estimate of drug-likeness (QED) is 0.331. The molecule has 1 fully saturated rings. The number of carbonyl (C=O) groups excluding carboxylic acids is 1. The van der Waals surface area contributed by atoms with Crippen LogP contribution in [0.25, 0.3) is 11.1 Å². The van der Waals surface area contributed by atoms with E-state index in [1.807, 2.05) is 61.2 Å². The standard InChI is InChI=1S/C31H33ClN8O3S/c1-21-13-26(32)15-27(14-21)39-22(2)31(3,16-23-5-7-24(8-6-23)25-17-34-20-35-18-25)40-28(19-36-29(39)40)44(42,43)38-11-9-37(10-12-38)30(41)33-4/h5-8,13-15,17-20H,2,9-12,16H2,1,3-4H3,(H,33,41)/t31-/m1/s1. The molecular weight excluding hydrogens is 600 g/mol. The fourth-order valence-corrected chi connectivity index (χ4v) is 7.89. The van der Waals surface area contributed by atoms with Gasteiger partial charge < -0.3 is 10.2 Å². The molecule has 0 bridgehead atoms. The lowest BCUT2D eigenvalue weighted by molar-refractivity contribution is 0.174. The minimum Gasteiger partial charge on any atom is -0.341 e. The van der Waals surface area contributed by atoms with E-state index in [0.717, 1.165) is 27.9 Å². The number of imidazole rings is 1. The minimum absolute atomic E-state index is 0.0730. The SMILES string of the molecule is C=C1N(c2cc(C)cc(Cl)c2)c2ncc(S(=O)(=O)N3CCN(C(=O)NC)CC3)n2[C@]1(C)Cc1ccc(-c2cncnc2)cc1. The van der Waals surface area contributed by atoms with Gasteiger partial charge in [-0.05, 0) is 48.7 Å². The summed E-state index contributed by atoms with van der Waals surface area (Å²) in [6, 6.07) is 13.5. The van der Waals surface area contributed by atoms with E-state index in [9.17, 15) is 13.2 Å². The summed E-state index contributed by atoms with van der Waals surface area (Å²) in [5.41, 5.74) is 4.34. The third-order valence-corrected chi connectivity index (χ3v) is 10.4. The zero-order chi connectivity index (χ0) is 31.2. The molecule has 4 aromatic rings. The lowest BCUT2D eigenvalue weighted by Crippen LogP contribution is -2.53. The van der Waals surface area contributed by atoms with Gasteiger partial charge in [0.05, 0.1) is 17.4 Å². The van der Waals surface area contributed by atoms with Crippen LogP contribution in [0.2, 0.25) is 5.02 Å². The van der Waals surface area contributed by atoms with Crippen molar-refractivity contribution in [2.75, 3.05) is 38.1 Å². The summed E-state index contributed by atoms with van der Waals surface area (Å²) in [6.07, 6.45) is 6.88. The number of nitrogens with one attached hydrogen (secondary N) is 1. The molecule has 2 aromatic carbocycles. The Morgan fingerprint density at radius 3 is 2.34 bits per heavy atom. The van der Waals surface area contributed by atoms with E-state index in [1.165, 1.54) is 16.8 Å². The van der Waals surface area contributed by atoms with Gasteiger partial charge in [0.2, 0.25) is 5.95 Å². The van der Waals surface area contributed by atoms with E-state index in [2.05, 4.69) is 26.8 Å². The van der Waals surface area contributed by atoms with Crippen LogP contribution < -0.4 is 10.2 Å². The zero-order valence-electron chi connectivity index (χ0n) is 24.7. The van der Waals surface area contributed by atoms with Crippen LogP contribution in [0.4, 0.5) is 16.4 Å². The average Bonchev–Trinajstić information content (AvgIpc) is 3.55. The fraction of sp³-hybridized carbons (Fsp3) is 0.290. The number of benzene rings is 2. The molecule has 0 radical (unpaired) electrons. The number of nitrogens with zero attached hydrogens (tertiary/aromatic N) is 7. The van der Waals surface area contributed by atoms with Crippen molar-refractivity contribution in [1.82, 2.24) is 34.0 Å². The monoisotopic (exact) mass is 632 g/mol. The number of carbonyl (C=O) groups is 1. The molecular formula is C31H33ClN8O3S. The van der Waals surface area contributed by atoms with Gasteiger partial charge in [0.25, 0.3) is 10.0 Å². The summed E-state index contributed by atoms with van der Waals surface area (Å²) in [5.74, 6) is 0.444. The predicted octanol–water partition coefficient (Wildman–Crippen LogP) is 4.57. The Kier molecular flexibility index (Phi) is 7.68. The first-order valence-corrected chi connectivity index (χ1v) is 16.0. The maximum atomic E-state index is 14.2. The van der Waals surface area contributed by atoms with Gasteiger partial charge in [-0.1, -0.05) is 42.4 Å². The Hall–Kier alpha value is -4.26. The zero-order valence-corrected chi connectivity index (χ0v) is 26.3. The van der Waals surface area contributed by atoms with Crippen molar-refractivity contribution in [3.8, 4) is 11.1 Å². The van der Waals surface area contributed by atoms with Gasteiger partial charge in [0.15, 0.2) is 5.03 Å². The van der Waals surface area contributed by atoms with Crippen molar-refractivity contribution in [2.45, 2.75) is 30.8 Å². The van der Waals surface area contributed by atoms with Crippen LogP contribution in [0.5, 0.6) is 0 Å². The van der Waals surface area contributed by atoms with Gasteiger partial charge in [-0.15, -0.1) is 0 Å².